The molecule has 4 aromatic rings. The van der Waals surface area contributed by atoms with Crippen molar-refractivity contribution in [3.05, 3.63) is 66.5 Å². The molecule has 0 fully saturated rings. The molecule has 0 unspecified atom stereocenters. The maximum atomic E-state index is 13.8. The number of hydrogen-bond acceptors (Lipinski definition) is 2. The van der Waals surface area contributed by atoms with E-state index in [1.165, 1.54) is 6.07 Å². The van der Waals surface area contributed by atoms with Crippen LogP contribution in [0.1, 0.15) is 0 Å². The molecule has 0 aliphatic rings. The molecule has 20 heavy (non-hydrogen) atoms. The van der Waals surface area contributed by atoms with Crippen LogP contribution >= 0.6 is 0 Å². The van der Waals surface area contributed by atoms with Gasteiger partial charge in [0.05, 0.1) is 5.56 Å². The van der Waals surface area contributed by atoms with Crippen molar-refractivity contribution in [2.24, 2.45) is 0 Å². The standard InChI is InChI=1S/C17H10FNO/c18-14-8-4-3-7-13(14)17-19-16-12-6-2-1-5-11(12)9-10-15(16)20-17/h1-10H. The van der Waals surface area contributed by atoms with Gasteiger partial charge in [-0.15, -0.1) is 0 Å². The Kier molecular flexibility index (Phi) is 2.33. The Balaban J connectivity index is 2.04. The first-order chi connectivity index (χ1) is 9.83. The Bertz CT molecular complexity index is 926. The lowest BCUT2D eigenvalue weighted by Gasteiger charge is -1.95. The monoisotopic (exact) mass is 263 g/mol. The molecule has 0 spiro atoms. The molecular weight excluding hydrogens is 253 g/mol. The van der Waals surface area contributed by atoms with Crippen molar-refractivity contribution in [3.63, 3.8) is 0 Å². The number of halogens is 1. The van der Waals surface area contributed by atoms with Crippen LogP contribution in [0.3, 0.4) is 0 Å². The highest BCUT2D eigenvalue weighted by molar-refractivity contribution is 6.03. The highest BCUT2D eigenvalue weighted by Gasteiger charge is 2.13. The largest absolute Gasteiger partial charge is 0.436 e. The zero-order valence-electron chi connectivity index (χ0n) is 10.5. The van der Waals surface area contributed by atoms with E-state index >= 15 is 0 Å². The van der Waals surface area contributed by atoms with E-state index in [0.29, 0.717) is 17.0 Å². The number of rotatable bonds is 1. The summed E-state index contributed by atoms with van der Waals surface area (Å²) in [4.78, 5) is 4.47. The lowest BCUT2D eigenvalue weighted by molar-refractivity contribution is 0.593. The second-order valence-corrected chi connectivity index (χ2v) is 4.63. The summed E-state index contributed by atoms with van der Waals surface area (Å²) in [6, 6.07) is 18.3. The van der Waals surface area contributed by atoms with Gasteiger partial charge in [0.25, 0.3) is 0 Å². The molecule has 2 nitrogen and oxygen atoms in total. The van der Waals surface area contributed by atoms with Crippen LogP contribution in [-0.2, 0) is 0 Å². The van der Waals surface area contributed by atoms with Gasteiger partial charge >= 0.3 is 0 Å². The molecule has 1 aromatic heterocycles. The van der Waals surface area contributed by atoms with Crippen LogP contribution in [0.2, 0.25) is 0 Å². The van der Waals surface area contributed by atoms with E-state index in [4.69, 9.17) is 4.42 Å². The zero-order valence-corrected chi connectivity index (χ0v) is 10.5. The lowest BCUT2D eigenvalue weighted by Crippen LogP contribution is -1.82. The Morgan fingerprint density at radius 3 is 2.55 bits per heavy atom. The lowest BCUT2D eigenvalue weighted by atomic mass is 10.1. The summed E-state index contributed by atoms with van der Waals surface area (Å²) in [5, 5.41) is 2.10. The predicted molar refractivity (Wildman–Crippen MR) is 76.9 cm³/mol. The average Bonchev–Trinajstić information content (AvgIpc) is 2.92. The molecule has 0 amide bonds. The molecule has 3 heteroatoms. The first kappa shape index (κ1) is 11.2. The molecule has 0 saturated heterocycles. The second-order valence-electron chi connectivity index (χ2n) is 4.63. The molecule has 0 atom stereocenters. The summed E-state index contributed by atoms with van der Waals surface area (Å²) in [5.41, 5.74) is 1.82. The van der Waals surface area contributed by atoms with Gasteiger partial charge in [-0.3, -0.25) is 0 Å². The Morgan fingerprint density at radius 1 is 0.850 bits per heavy atom. The highest BCUT2D eigenvalue weighted by atomic mass is 19.1. The van der Waals surface area contributed by atoms with Crippen LogP contribution in [0.15, 0.2) is 65.1 Å². The first-order valence-electron chi connectivity index (χ1n) is 6.36. The van der Waals surface area contributed by atoms with Gasteiger partial charge in [-0.1, -0.05) is 42.5 Å². The van der Waals surface area contributed by atoms with Crippen molar-refractivity contribution in [3.8, 4) is 11.5 Å². The van der Waals surface area contributed by atoms with E-state index in [1.807, 2.05) is 36.4 Å². The van der Waals surface area contributed by atoms with Crippen LogP contribution in [0.25, 0.3) is 33.3 Å². The van der Waals surface area contributed by atoms with Gasteiger partial charge in [0, 0.05) is 5.39 Å². The van der Waals surface area contributed by atoms with Gasteiger partial charge < -0.3 is 4.42 Å². The number of nitrogens with zero attached hydrogens (tertiary/aromatic N) is 1. The van der Waals surface area contributed by atoms with Gasteiger partial charge in [-0.2, -0.15) is 0 Å². The molecule has 1 heterocycles. The molecule has 0 saturated carbocycles. The summed E-state index contributed by atoms with van der Waals surface area (Å²) in [7, 11) is 0. The Hall–Kier alpha value is -2.68. The van der Waals surface area contributed by atoms with Crippen LogP contribution in [0.4, 0.5) is 4.39 Å². The second kappa shape index (κ2) is 4.17. The van der Waals surface area contributed by atoms with Crippen LogP contribution < -0.4 is 0 Å². The third kappa shape index (κ3) is 1.60. The fourth-order valence-electron chi connectivity index (χ4n) is 2.41. The van der Waals surface area contributed by atoms with Gasteiger partial charge in [0.2, 0.25) is 5.89 Å². The number of aromatic nitrogens is 1. The first-order valence-corrected chi connectivity index (χ1v) is 6.36. The van der Waals surface area contributed by atoms with E-state index in [1.54, 1.807) is 18.2 Å². The molecule has 3 aromatic carbocycles. The Labute approximate surface area is 114 Å². The number of oxazole rings is 1. The van der Waals surface area contributed by atoms with Crippen molar-refractivity contribution in [2.75, 3.05) is 0 Å². The van der Waals surface area contributed by atoms with E-state index in [9.17, 15) is 4.39 Å². The fraction of sp³-hybridized carbons (Fsp3) is 0. The van der Waals surface area contributed by atoms with E-state index in [-0.39, 0.29) is 5.82 Å². The van der Waals surface area contributed by atoms with Crippen molar-refractivity contribution >= 4 is 21.9 Å². The molecule has 0 bridgehead atoms. The summed E-state index contributed by atoms with van der Waals surface area (Å²) < 4.78 is 19.5. The minimum atomic E-state index is -0.330. The van der Waals surface area contributed by atoms with Crippen LogP contribution in [0.5, 0.6) is 0 Å². The van der Waals surface area contributed by atoms with Crippen molar-refractivity contribution in [1.82, 2.24) is 4.98 Å². The van der Waals surface area contributed by atoms with Crippen molar-refractivity contribution < 1.29 is 8.81 Å². The topological polar surface area (TPSA) is 26.0 Å². The summed E-state index contributed by atoms with van der Waals surface area (Å²) in [6.45, 7) is 0. The normalized spacial score (nSPS) is 11.2. The Morgan fingerprint density at radius 2 is 1.65 bits per heavy atom. The van der Waals surface area contributed by atoms with Gasteiger partial charge in [-0.25, -0.2) is 9.37 Å². The van der Waals surface area contributed by atoms with Crippen LogP contribution in [0, 0.1) is 5.82 Å². The fourth-order valence-corrected chi connectivity index (χ4v) is 2.41. The molecule has 0 N–H and O–H groups in total. The number of benzene rings is 3. The van der Waals surface area contributed by atoms with Gasteiger partial charge in [0.15, 0.2) is 5.58 Å². The van der Waals surface area contributed by atoms with E-state index < -0.39 is 0 Å². The van der Waals surface area contributed by atoms with Crippen molar-refractivity contribution in [2.45, 2.75) is 0 Å². The molecule has 0 aliphatic heterocycles. The maximum absolute atomic E-state index is 13.8. The molecule has 0 aliphatic carbocycles. The molecule has 0 radical (unpaired) electrons. The third-order valence-electron chi connectivity index (χ3n) is 3.39. The zero-order chi connectivity index (χ0) is 13.5. The average molecular weight is 263 g/mol. The SMILES string of the molecule is Fc1ccccc1-c1nc2c(ccc3ccccc32)o1. The number of fused-ring (bicyclic) bond motifs is 3. The minimum Gasteiger partial charge on any atom is -0.436 e. The van der Waals surface area contributed by atoms with Crippen LogP contribution in [-0.4, -0.2) is 4.98 Å². The summed E-state index contributed by atoms with van der Waals surface area (Å²) in [5.74, 6) is -0.0159. The third-order valence-corrected chi connectivity index (χ3v) is 3.39. The summed E-state index contributed by atoms with van der Waals surface area (Å²) >= 11 is 0. The van der Waals surface area contributed by atoms with E-state index in [2.05, 4.69) is 4.98 Å². The van der Waals surface area contributed by atoms with E-state index in [0.717, 1.165) is 16.3 Å². The summed E-state index contributed by atoms with van der Waals surface area (Å²) in [6.07, 6.45) is 0. The van der Waals surface area contributed by atoms with Gasteiger partial charge in [0.1, 0.15) is 11.3 Å². The smallest absolute Gasteiger partial charge is 0.230 e. The predicted octanol–water partition coefficient (Wildman–Crippen LogP) is 4.79. The van der Waals surface area contributed by atoms with Crippen molar-refractivity contribution in [1.29, 1.82) is 0 Å². The molecule has 96 valence electrons. The number of hydrogen-bond donors (Lipinski definition) is 0. The minimum absolute atomic E-state index is 0.314. The highest BCUT2D eigenvalue weighted by Crippen LogP contribution is 2.30. The van der Waals surface area contributed by atoms with Gasteiger partial charge in [-0.05, 0) is 23.6 Å². The molecular formula is C17H10FNO. The maximum Gasteiger partial charge on any atom is 0.230 e. The quantitative estimate of drug-likeness (QED) is 0.493. The molecule has 4 rings (SSSR count).